The van der Waals surface area contributed by atoms with Gasteiger partial charge in [0.25, 0.3) is 0 Å². The number of aromatic nitrogens is 1. The zero-order valence-corrected chi connectivity index (χ0v) is 12.6. The molecule has 112 valence electrons. The van der Waals surface area contributed by atoms with Crippen molar-refractivity contribution in [2.24, 2.45) is 0 Å². The molecule has 0 amide bonds. The molecule has 3 aromatic rings. The van der Waals surface area contributed by atoms with Crippen LogP contribution in [0.5, 0.6) is 11.5 Å². The van der Waals surface area contributed by atoms with E-state index in [1.165, 1.54) is 0 Å². The Balaban J connectivity index is 1.74. The molecule has 2 heterocycles. The SMILES string of the molecule is COc1ccc(C=O)cc1OCc1coc(-c2cccs2)n1. The van der Waals surface area contributed by atoms with Crippen molar-refractivity contribution in [3.05, 3.63) is 53.2 Å². The normalized spacial score (nSPS) is 10.4. The van der Waals surface area contributed by atoms with Gasteiger partial charge in [-0.2, -0.15) is 0 Å². The lowest BCUT2D eigenvalue weighted by Gasteiger charge is -2.09. The topological polar surface area (TPSA) is 61.6 Å². The van der Waals surface area contributed by atoms with E-state index in [1.807, 2.05) is 17.5 Å². The fourth-order valence-corrected chi connectivity index (χ4v) is 2.57. The summed E-state index contributed by atoms with van der Waals surface area (Å²) in [5.74, 6) is 1.63. The number of ether oxygens (including phenoxy) is 2. The van der Waals surface area contributed by atoms with Gasteiger partial charge in [-0.15, -0.1) is 11.3 Å². The van der Waals surface area contributed by atoms with Gasteiger partial charge < -0.3 is 13.9 Å². The van der Waals surface area contributed by atoms with Crippen LogP contribution in [-0.4, -0.2) is 18.4 Å². The van der Waals surface area contributed by atoms with Gasteiger partial charge in [0.05, 0.1) is 12.0 Å². The van der Waals surface area contributed by atoms with Crippen LogP contribution in [0.2, 0.25) is 0 Å². The Morgan fingerprint density at radius 1 is 1.32 bits per heavy atom. The Bertz CT molecular complexity index is 764. The maximum Gasteiger partial charge on any atom is 0.236 e. The monoisotopic (exact) mass is 315 g/mol. The lowest BCUT2D eigenvalue weighted by atomic mass is 10.2. The molecule has 0 unspecified atom stereocenters. The number of aldehydes is 1. The molecule has 5 nitrogen and oxygen atoms in total. The first kappa shape index (κ1) is 14.3. The highest BCUT2D eigenvalue weighted by Crippen LogP contribution is 2.29. The van der Waals surface area contributed by atoms with Gasteiger partial charge in [0, 0.05) is 5.56 Å². The standard InChI is InChI=1S/C16H13NO4S/c1-19-13-5-4-11(8-18)7-14(13)20-9-12-10-21-16(17-12)15-3-2-6-22-15/h2-8,10H,9H2,1H3. The van der Waals surface area contributed by atoms with Crippen LogP contribution < -0.4 is 9.47 Å². The summed E-state index contributed by atoms with van der Waals surface area (Å²) in [6.45, 7) is 0.230. The number of benzene rings is 1. The minimum absolute atomic E-state index is 0.230. The van der Waals surface area contributed by atoms with Crippen LogP contribution in [0, 0.1) is 0 Å². The van der Waals surface area contributed by atoms with Crippen molar-refractivity contribution in [1.29, 1.82) is 0 Å². The smallest absolute Gasteiger partial charge is 0.236 e. The Hall–Kier alpha value is -2.60. The molecule has 0 spiro atoms. The number of oxazole rings is 1. The largest absolute Gasteiger partial charge is 0.493 e. The van der Waals surface area contributed by atoms with Crippen molar-refractivity contribution < 1.29 is 18.7 Å². The molecule has 0 N–H and O–H groups in total. The number of methoxy groups -OCH3 is 1. The fourth-order valence-electron chi connectivity index (χ4n) is 1.92. The third-order valence-corrected chi connectivity index (χ3v) is 3.84. The Kier molecular flexibility index (Phi) is 4.20. The van der Waals surface area contributed by atoms with Gasteiger partial charge in [-0.25, -0.2) is 4.98 Å². The molecule has 3 rings (SSSR count). The average molecular weight is 315 g/mol. The molecule has 6 heteroatoms. The first-order valence-corrected chi connectivity index (χ1v) is 7.42. The maximum atomic E-state index is 10.8. The van der Waals surface area contributed by atoms with E-state index in [9.17, 15) is 4.79 Å². The predicted molar refractivity (Wildman–Crippen MR) is 82.5 cm³/mol. The van der Waals surface area contributed by atoms with Gasteiger partial charge >= 0.3 is 0 Å². The van der Waals surface area contributed by atoms with Crippen molar-refractivity contribution in [3.63, 3.8) is 0 Å². The Morgan fingerprint density at radius 2 is 2.23 bits per heavy atom. The van der Waals surface area contributed by atoms with E-state index >= 15 is 0 Å². The van der Waals surface area contributed by atoms with E-state index in [0.29, 0.717) is 28.6 Å². The Morgan fingerprint density at radius 3 is 2.95 bits per heavy atom. The van der Waals surface area contributed by atoms with Gasteiger partial charge in [0.15, 0.2) is 11.5 Å². The molecule has 1 aromatic carbocycles. The molecule has 22 heavy (non-hydrogen) atoms. The molecule has 0 fully saturated rings. The first-order chi connectivity index (χ1) is 10.8. The van der Waals surface area contributed by atoms with Crippen molar-refractivity contribution in [3.8, 4) is 22.3 Å². The van der Waals surface area contributed by atoms with Crippen molar-refractivity contribution in [2.45, 2.75) is 6.61 Å². The highest BCUT2D eigenvalue weighted by Gasteiger charge is 2.10. The number of hydrogen-bond acceptors (Lipinski definition) is 6. The second-order valence-corrected chi connectivity index (χ2v) is 5.39. The number of nitrogens with zero attached hydrogens (tertiary/aromatic N) is 1. The minimum atomic E-state index is 0.230. The van der Waals surface area contributed by atoms with Crippen LogP contribution in [0.15, 0.2) is 46.4 Å². The number of carbonyl (C=O) groups is 1. The van der Waals surface area contributed by atoms with E-state index in [-0.39, 0.29) is 6.61 Å². The molecule has 2 aromatic heterocycles. The maximum absolute atomic E-state index is 10.8. The van der Waals surface area contributed by atoms with Crippen molar-refractivity contribution in [1.82, 2.24) is 4.98 Å². The van der Waals surface area contributed by atoms with Crippen LogP contribution in [-0.2, 0) is 6.61 Å². The number of carbonyl (C=O) groups excluding carboxylic acids is 1. The summed E-state index contributed by atoms with van der Waals surface area (Å²) < 4.78 is 16.3. The third kappa shape index (κ3) is 3.01. The number of rotatable bonds is 6. The predicted octanol–water partition coefficient (Wildman–Crippen LogP) is 3.80. The van der Waals surface area contributed by atoms with E-state index in [4.69, 9.17) is 13.9 Å². The van der Waals surface area contributed by atoms with Gasteiger partial charge in [-0.1, -0.05) is 6.07 Å². The molecule has 0 aliphatic carbocycles. The summed E-state index contributed by atoms with van der Waals surface area (Å²) in [6, 6.07) is 8.88. The summed E-state index contributed by atoms with van der Waals surface area (Å²) >= 11 is 1.56. The van der Waals surface area contributed by atoms with E-state index in [0.717, 1.165) is 11.2 Å². The lowest BCUT2D eigenvalue weighted by Crippen LogP contribution is -1.99. The summed E-state index contributed by atoms with van der Waals surface area (Å²) in [6.07, 6.45) is 2.32. The van der Waals surface area contributed by atoms with Crippen molar-refractivity contribution >= 4 is 17.6 Å². The van der Waals surface area contributed by atoms with Gasteiger partial charge in [-0.3, -0.25) is 4.79 Å². The van der Waals surface area contributed by atoms with E-state index < -0.39 is 0 Å². The second-order valence-electron chi connectivity index (χ2n) is 4.44. The van der Waals surface area contributed by atoms with E-state index in [2.05, 4.69) is 4.98 Å². The molecule has 0 bridgehead atoms. The molecule has 0 saturated carbocycles. The molecular formula is C16H13NO4S. The summed E-state index contributed by atoms with van der Waals surface area (Å²) in [7, 11) is 1.55. The Labute approximate surface area is 131 Å². The van der Waals surface area contributed by atoms with Crippen molar-refractivity contribution in [2.75, 3.05) is 7.11 Å². The molecule has 0 atom stereocenters. The van der Waals surface area contributed by atoms with E-state index in [1.54, 1.807) is 42.9 Å². The van der Waals surface area contributed by atoms with Gasteiger partial charge in [0.2, 0.25) is 5.89 Å². The number of thiophene rings is 1. The van der Waals surface area contributed by atoms with Gasteiger partial charge in [0.1, 0.15) is 24.9 Å². The third-order valence-electron chi connectivity index (χ3n) is 2.98. The summed E-state index contributed by atoms with van der Waals surface area (Å²) in [4.78, 5) is 16.2. The molecule has 0 radical (unpaired) electrons. The van der Waals surface area contributed by atoms with Crippen LogP contribution in [0.3, 0.4) is 0 Å². The average Bonchev–Trinajstić information content (AvgIpc) is 3.23. The summed E-state index contributed by atoms with van der Waals surface area (Å²) in [5, 5.41) is 1.96. The quantitative estimate of drug-likeness (QED) is 0.647. The lowest BCUT2D eigenvalue weighted by molar-refractivity contribution is 0.112. The number of hydrogen-bond donors (Lipinski definition) is 0. The van der Waals surface area contributed by atoms with Crippen LogP contribution in [0.1, 0.15) is 16.1 Å². The van der Waals surface area contributed by atoms with Crippen LogP contribution in [0.25, 0.3) is 10.8 Å². The fraction of sp³-hybridized carbons (Fsp3) is 0.125. The zero-order chi connectivity index (χ0) is 15.4. The minimum Gasteiger partial charge on any atom is -0.493 e. The second kappa shape index (κ2) is 6.44. The molecule has 0 saturated heterocycles. The molecule has 0 aliphatic heterocycles. The molecular weight excluding hydrogens is 302 g/mol. The highest BCUT2D eigenvalue weighted by molar-refractivity contribution is 7.13. The highest BCUT2D eigenvalue weighted by atomic mass is 32.1. The molecule has 0 aliphatic rings. The first-order valence-electron chi connectivity index (χ1n) is 6.54. The van der Waals surface area contributed by atoms with Gasteiger partial charge in [-0.05, 0) is 29.6 Å². The zero-order valence-electron chi connectivity index (χ0n) is 11.8. The van der Waals surface area contributed by atoms with Crippen LogP contribution in [0.4, 0.5) is 0 Å². The van der Waals surface area contributed by atoms with Crippen LogP contribution >= 0.6 is 11.3 Å². The summed E-state index contributed by atoms with van der Waals surface area (Å²) in [5.41, 5.74) is 1.19.